The second-order valence-corrected chi connectivity index (χ2v) is 10.7. The van der Waals surface area contributed by atoms with E-state index in [9.17, 15) is 8.42 Å². The number of ether oxygens (including phenoxy) is 4. The Hall–Kier alpha value is -3.00. The van der Waals surface area contributed by atoms with Gasteiger partial charge in [0.05, 0.1) is 32.0 Å². The number of hydrogen-bond acceptors (Lipinski definition) is 10. The first kappa shape index (κ1) is 28.6. The van der Waals surface area contributed by atoms with Crippen molar-refractivity contribution in [1.29, 1.82) is 0 Å². The number of halogens is 1. The van der Waals surface area contributed by atoms with Gasteiger partial charge in [0.2, 0.25) is 16.0 Å². The van der Waals surface area contributed by atoms with Gasteiger partial charge in [-0.05, 0) is 32.9 Å². The molecule has 2 heterocycles. The molecular weight excluding hydrogens is 524 g/mol. The summed E-state index contributed by atoms with van der Waals surface area (Å²) in [6.07, 6.45) is 2.13. The maximum atomic E-state index is 13.5. The molecule has 3 aromatic rings. The molecule has 12 nitrogen and oxygen atoms in total. The number of nitrogens with one attached hydrogen (secondary N) is 1. The molecule has 0 saturated heterocycles. The lowest BCUT2D eigenvalue weighted by molar-refractivity contribution is 0.0802. The van der Waals surface area contributed by atoms with E-state index < -0.39 is 21.4 Å². The minimum atomic E-state index is -4.10. The van der Waals surface area contributed by atoms with Gasteiger partial charge >= 0.3 is 0 Å². The van der Waals surface area contributed by atoms with E-state index in [4.69, 9.17) is 30.5 Å². The van der Waals surface area contributed by atoms with Crippen LogP contribution in [0, 0.1) is 0 Å². The Morgan fingerprint density at radius 1 is 1.03 bits per heavy atom. The fraction of sp³-hybridized carbons (Fsp3) is 0.478. The van der Waals surface area contributed by atoms with Crippen LogP contribution in [0.5, 0.6) is 11.5 Å². The van der Waals surface area contributed by atoms with E-state index in [1.165, 1.54) is 40.6 Å². The normalized spacial score (nSPS) is 13.4. The van der Waals surface area contributed by atoms with Gasteiger partial charge in [-0.25, -0.2) is 18.4 Å². The SMILES string of the molecule is COc1cccc(OC)c1-n1c(CCOC(C)C)nnc1NS(=O)(=O)C(C)C(OC)c1ncc(Cl)cn1. The topological polar surface area (TPSA) is 140 Å². The van der Waals surface area contributed by atoms with Crippen molar-refractivity contribution >= 4 is 27.6 Å². The van der Waals surface area contributed by atoms with Gasteiger partial charge in [0.25, 0.3) is 0 Å². The van der Waals surface area contributed by atoms with Gasteiger partial charge in [-0.2, -0.15) is 0 Å². The van der Waals surface area contributed by atoms with E-state index in [2.05, 4.69) is 24.9 Å². The zero-order chi connectivity index (χ0) is 27.2. The first-order valence-electron chi connectivity index (χ1n) is 11.4. The van der Waals surface area contributed by atoms with Crippen LogP contribution in [-0.4, -0.2) is 72.4 Å². The number of methoxy groups -OCH3 is 3. The average molecular weight is 555 g/mol. The van der Waals surface area contributed by atoms with Gasteiger partial charge in [-0.3, -0.25) is 9.29 Å². The summed E-state index contributed by atoms with van der Waals surface area (Å²) in [6, 6.07) is 5.21. The second kappa shape index (κ2) is 12.5. The van der Waals surface area contributed by atoms with E-state index >= 15 is 0 Å². The Balaban J connectivity index is 2.04. The Morgan fingerprint density at radius 2 is 1.65 bits per heavy atom. The highest BCUT2D eigenvalue weighted by atomic mass is 35.5. The van der Waals surface area contributed by atoms with Gasteiger partial charge in [0.1, 0.15) is 34.4 Å². The van der Waals surface area contributed by atoms with Crippen LogP contribution in [0.1, 0.15) is 38.5 Å². The summed E-state index contributed by atoms with van der Waals surface area (Å²) in [5, 5.41) is 7.59. The highest BCUT2D eigenvalue weighted by Crippen LogP contribution is 2.36. The van der Waals surface area contributed by atoms with Crippen molar-refractivity contribution in [3.05, 3.63) is 47.3 Å². The van der Waals surface area contributed by atoms with Crippen molar-refractivity contribution in [2.75, 3.05) is 32.7 Å². The molecule has 0 saturated carbocycles. The van der Waals surface area contributed by atoms with Crippen molar-refractivity contribution < 1.29 is 27.4 Å². The molecule has 1 aromatic carbocycles. The summed E-state index contributed by atoms with van der Waals surface area (Å²) < 4.78 is 53.3. The van der Waals surface area contributed by atoms with Crippen molar-refractivity contribution in [1.82, 2.24) is 24.7 Å². The van der Waals surface area contributed by atoms with Crippen molar-refractivity contribution in [2.24, 2.45) is 0 Å². The zero-order valence-electron chi connectivity index (χ0n) is 21.5. The third-order valence-electron chi connectivity index (χ3n) is 5.43. The van der Waals surface area contributed by atoms with Crippen molar-refractivity contribution in [2.45, 2.75) is 44.6 Å². The van der Waals surface area contributed by atoms with Gasteiger partial charge in [0.15, 0.2) is 5.82 Å². The van der Waals surface area contributed by atoms with Gasteiger partial charge < -0.3 is 18.9 Å². The van der Waals surface area contributed by atoms with Crippen LogP contribution in [0.3, 0.4) is 0 Å². The molecule has 2 aromatic heterocycles. The van der Waals surface area contributed by atoms with Crippen LogP contribution in [0.15, 0.2) is 30.6 Å². The van der Waals surface area contributed by atoms with Crippen LogP contribution < -0.4 is 14.2 Å². The molecule has 1 N–H and O–H groups in total. The van der Waals surface area contributed by atoms with Gasteiger partial charge in [-0.1, -0.05) is 17.7 Å². The summed E-state index contributed by atoms with van der Waals surface area (Å²) in [4.78, 5) is 8.23. The molecule has 0 radical (unpaired) electrons. The minimum absolute atomic E-state index is 0.0112. The van der Waals surface area contributed by atoms with Crippen LogP contribution in [0.2, 0.25) is 5.02 Å². The number of sulfonamides is 1. The average Bonchev–Trinajstić information content (AvgIpc) is 3.25. The van der Waals surface area contributed by atoms with Crippen LogP contribution in [-0.2, 0) is 25.9 Å². The molecule has 0 fully saturated rings. The zero-order valence-corrected chi connectivity index (χ0v) is 23.1. The minimum Gasteiger partial charge on any atom is -0.494 e. The Bertz CT molecular complexity index is 1260. The lowest BCUT2D eigenvalue weighted by atomic mass is 10.2. The summed E-state index contributed by atoms with van der Waals surface area (Å²) in [6.45, 7) is 5.67. The predicted octanol–water partition coefficient (Wildman–Crippen LogP) is 3.21. The molecule has 202 valence electrons. The van der Waals surface area contributed by atoms with E-state index in [0.717, 1.165) is 0 Å². The maximum Gasteiger partial charge on any atom is 0.243 e. The Labute approximate surface area is 221 Å². The fourth-order valence-electron chi connectivity index (χ4n) is 3.58. The number of anilines is 1. The van der Waals surface area contributed by atoms with Crippen LogP contribution >= 0.6 is 11.6 Å². The Morgan fingerprint density at radius 3 is 2.19 bits per heavy atom. The fourth-order valence-corrected chi connectivity index (χ4v) is 4.80. The lowest BCUT2D eigenvalue weighted by Crippen LogP contribution is -2.33. The summed E-state index contributed by atoms with van der Waals surface area (Å²) in [7, 11) is 0.292. The van der Waals surface area contributed by atoms with E-state index in [1.807, 2.05) is 13.8 Å². The van der Waals surface area contributed by atoms with E-state index in [-0.39, 0.29) is 17.9 Å². The molecule has 0 amide bonds. The van der Waals surface area contributed by atoms with Crippen molar-refractivity contribution in [3.8, 4) is 17.2 Å². The highest BCUT2D eigenvalue weighted by Gasteiger charge is 2.35. The number of nitrogens with zero attached hydrogens (tertiary/aromatic N) is 5. The molecule has 2 unspecified atom stereocenters. The molecule has 0 aliphatic heterocycles. The van der Waals surface area contributed by atoms with Crippen molar-refractivity contribution in [3.63, 3.8) is 0 Å². The van der Waals surface area contributed by atoms with Crippen LogP contribution in [0.25, 0.3) is 5.69 Å². The van der Waals surface area contributed by atoms with E-state index in [1.54, 1.807) is 22.8 Å². The van der Waals surface area contributed by atoms with Gasteiger partial charge in [0, 0.05) is 25.9 Å². The molecule has 0 spiro atoms. The smallest absolute Gasteiger partial charge is 0.243 e. The van der Waals surface area contributed by atoms with Crippen LogP contribution in [0.4, 0.5) is 5.95 Å². The summed E-state index contributed by atoms with van der Waals surface area (Å²) >= 11 is 5.87. The molecule has 14 heteroatoms. The number of hydrogen-bond donors (Lipinski definition) is 1. The lowest BCUT2D eigenvalue weighted by Gasteiger charge is -2.23. The molecule has 0 aliphatic carbocycles. The summed E-state index contributed by atoms with van der Waals surface area (Å²) in [5.74, 6) is 1.43. The maximum absolute atomic E-state index is 13.5. The quantitative estimate of drug-likeness (QED) is 0.335. The molecule has 3 rings (SSSR count). The highest BCUT2D eigenvalue weighted by molar-refractivity contribution is 7.93. The third kappa shape index (κ3) is 6.66. The molecule has 0 bridgehead atoms. The predicted molar refractivity (Wildman–Crippen MR) is 138 cm³/mol. The molecule has 37 heavy (non-hydrogen) atoms. The molecule has 0 aliphatic rings. The monoisotopic (exact) mass is 554 g/mol. The number of rotatable bonds is 13. The summed E-state index contributed by atoms with van der Waals surface area (Å²) in [5.41, 5.74) is 0.437. The first-order chi connectivity index (χ1) is 17.6. The number of aromatic nitrogens is 5. The van der Waals surface area contributed by atoms with Gasteiger partial charge in [-0.15, -0.1) is 10.2 Å². The first-order valence-corrected chi connectivity index (χ1v) is 13.3. The largest absolute Gasteiger partial charge is 0.494 e. The molecular formula is C23H31ClN6O6S. The third-order valence-corrected chi connectivity index (χ3v) is 7.32. The second-order valence-electron chi connectivity index (χ2n) is 8.22. The standard InChI is InChI=1S/C23H31ClN6O6S/c1-14(2)36-11-10-19-27-28-23(30(19)20-17(33-4)8-7-9-18(20)34-5)29-37(31,32)15(3)21(35-6)22-25-12-16(24)13-26-22/h7-9,12-15,21H,10-11H2,1-6H3,(H,28,29). The van der Waals surface area contributed by atoms with E-state index in [0.29, 0.717) is 41.1 Å². The number of para-hydroxylation sites is 1. The number of benzene rings is 1. The Kier molecular flexibility index (Phi) is 9.65. The molecule has 2 atom stereocenters.